The third-order valence-electron chi connectivity index (χ3n) is 8.74. The number of nitrogens with one attached hydrogen (secondary N) is 3. The molecule has 1 unspecified atom stereocenters. The van der Waals surface area contributed by atoms with Crippen molar-refractivity contribution in [2.24, 2.45) is 11.5 Å². The SMILES string of the molecule is CO[C@@]12CC[C@@H](NC(CCCNC(=N)N)C(=O)O)C[C@@]13CCN(C)[C@@H]2Cc1ccc(C(N)=O)c(O)c13. The van der Waals surface area contributed by atoms with Crippen molar-refractivity contribution in [1.29, 1.82) is 5.41 Å². The maximum atomic E-state index is 12.1. The Morgan fingerprint density at radius 1 is 1.33 bits per heavy atom. The summed E-state index contributed by atoms with van der Waals surface area (Å²) in [5.41, 5.74) is 11.5. The molecule has 2 aliphatic carbocycles. The second-order valence-electron chi connectivity index (χ2n) is 10.5. The fraction of sp³-hybridized carbons (Fsp3) is 0.640. The molecule has 2 bridgehead atoms. The van der Waals surface area contributed by atoms with E-state index in [4.69, 9.17) is 21.6 Å². The zero-order chi connectivity index (χ0) is 26.3. The van der Waals surface area contributed by atoms with E-state index < -0.39 is 28.9 Å². The molecule has 198 valence electrons. The number of benzene rings is 1. The summed E-state index contributed by atoms with van der Waals surface area (Å²) in [7, 11) is 3.81. The van der Waals surface area contributed by atoms with Gasteiger partial charge in [0.25, 0.3) is 5.91 Å². The van der Waals surface area contributed by atoms with E-state index in [9.17, 15) is 19.8 Å². The number of likely N-dealkylation sites (tertiary alicyclic amines) is 1. The molecular formula is C25H38N6O5. The third-order valence-corrected chi connectivity index (χ3v) is 8.74. The van der Waals surface area contributed by atoms with E-state index in [0.29, 0.717) is 45.1 Å². The van der Waals surface area contributed by atoms with Gasteiger partial charge in [-0.3, -0.25) is 15.0 Å². The number of rotatable bonds is 9. The van der Waals surface area contributed by atoms with Gasteiger partial charge in [-0.2, -0.15) is 0 Å². The number of hydrogen-bond acceptors (Lipinski definition) is 7. The van der Waals surface area contributed by atoms with E-state index in [1.165, 1.54) is 0 Å². The first-order valence-corrected chi connectivity index (χ1v) is 12.5. The second-order valence-corrected chi connectivity index (χ2v) is 10.5. The van der Waals surface area contributed by atoms with E-state index in [2.05, 4.69) is 22.6 Å². The molecular weight excluding hydrogens is 464 g/mol. The van der Waals surface area contributed by atoms with Crippen LogP contribution in [0.4, 0.5) is 0 Å². The minimum Gasteiger partial charge on any atom is -0.507 e. The number of carbonyl (C=O) groups excluding carboxylic acids is 1. The lowest BCUT2D eigenvalue weighted by molar-refractivity contribution is -0.185. The summed E-state index contributed by atoms with van der Waals surface area (Å²) in [6.45, 7) is 1.22. The Kier molecular flexibility index (Phi) is 7.18. The second kappa shape index (κ2) is 9.87. The average Bonchev–Trinajstić information content (AvgIpc) is 2.82. The standard InChI is InChI=1S/C25H38N6O5/c1-31-11-9-24-13-15(30-17(22(34)35)4-3-10-29-23(27)28)7-8-25(24,36-2)18(31)12-14-5-6-16(21(26)33)20(32)19(14)24/h5-6,15,17-18,30,32H,3-4,7-13H2,1-2H3,(H2,26,33)(H,34,35)(H4,27,28,29)/t15-,17?,18-,24-,25-/m1/s1. The van der Waals surface area contributed by atoms with Crippen LogP contribution in [0.3, 0.4) is 0 Å². The molecule has 2 fully saturated rings. The maximum absolute atomic E-state index is 12.1. The largest absolute Gasteiger partial charge is 0.507 e. The van der Waals surface area contributed by atoms with Gasteiger partial charge >= 0.3 is 5.97 Å². The molecule has 36 heavy (non-hydrogen) atoms. The zero-order valence-corrected chi connectivity index (χ0v) is 21.0. The predicted octanol–water partition coefficient (Wildman–Crippen LogP) is 0.233. The topological polar surface area (TPSA) is 187 Å². The van der Waals surface area contributed by atoms with Crippen LogP contribution in [0.2, 0.25) is 0 Å². The van der Waals surface area contributed by atoms with Crippen molar-refractivity contribution in [2.45, 2.75) is 74.1 Å². The van der Waals surface area contributed by atoms with Crippen molar-refractivity contribution in [1.82, 2.24) is 15.5 Å². The minimum atomic E-state index is -0.928. The molecule has 11 heteroatoms. The summed E-state index contributed by atoms with van der Waals surface area (Å²) >= 11 is 0. The van der Waals surface area contributed by atoms with Crippen LogP contribution in [0.1, 0.15) is 60.0 Å². The zero-order valence-electron chi connectivity index (χ0n) is 21.0. The van der Waals surface area contributed by atoms with E-state index >= 15 is 0 Å². The lowest BCUT2D eigenvalue weighted by Gasteiger charge is -2.66. The smallest absolute Gasteiger partial charge is 0.320 e. The molecule has 1 saturated heterocycles. The number of hydrogen-bond donors (Lipinski definition) is 7. The molecule has 1 saturated carbocycles. The number of carbonyl (C=O) groups is 2. The van der Waals surface area contributed by atoms with Crippen LogP contribution in [0.15, 0.2) is 12.1 Å². The van der Waals surface area contributed by atoms with E-state index in [1.54, 1.807) is 13.2 Å². The number of primary amides is 1. The van der Waals surface area contributed by atoms with E-state index in [-0.39, 0.29) is 29.4 Å². The number of likely N-dealkylation sites (N-methyl/N-ethyl adjacent to an activating group) is 1. The quantitative estimate of drug-likeness (QED) is 0.141. The monoisotopic (exact) mass is 502 g/mol. The molecule has 3 aliphatic rings. The van der Waals surface area contributed by atoms with Gasteiger partial charge in [-0.05, 0) is 70.2 Å². The number of fused-ring (bicyclic) bond motifs is 1. The van der Waals surface area contributed by atoms with Crippen LogP contribution in [0.25, 0.3) is 0 Å². The normalized spacial score (nSPS) is 30.1. The van der Waals surface area contributed by atoms with Crippen LogP contribution in [0, 0.1) is 5.41 Å². The molecule has 1 heterocycles. The summed E-state index contributed by atoms with van der Waals surface area (Å²) in [5.74, 6) is -1.82. The Morgan fingerprint density at radius 2 is 2.08 bits per heavy atom. The van der Waals surface area contributed by atoms with Gasteiger partial charge in [0.1, 0.15) is 11.8 Å². The van der Waals surface area contributed by atoms with Crippen LogP contribution >= 0.6 is 0 Å². The molecule has 1 aromatic rings. The van der Waals surface area contributed by atoms with Crippen molar-refractivity contribution in [3.63, 3.8) is 0 Å². The van der Waals surface area contributed by atoms with Gasteiger partial charge < -0.3 is 42.0 Å². The van der Waals surface area contributed by atoms with Crippen LogP contribution in [-0.2, 0) is 21.4 Å². The first-order chi connectivity index (χ1) is 17.1. The highest BCUT2D eigenvalue weighted by Crippen LogP contribution is 2.61. The number of carboxylic acids is 1. The number of aromatic hydroxyl groups is 1. The Morgan fingerprint density at radius 3 is 2.72 bits per heavy atom. The molecule has 0 spiro atoms. The van der Waals surface area contributed by atoms with Gasteiger partial charge in [0, 0.05) is 36.7 Å². The Balaban J connectivity index is 1.69. The number of carboxylic acid groups (broad SMARTS) is 1. The van der Waals surface area contributed by atoms with Crippen molar-refractivity contribution in [3.8, 4) is 5.75 Å². The van der Waals surface area contributed by atoms with E-state index in [0.717, 1.165) is 24.1 Å². The molecule has 1 aromatic carbocycles. The molecule has 0 radical (unpaired) electrons. The highest BCUT2D eigenvalue weighted by atomic mass is 16.5. The van der Waals surface area contributed by atoms with Gasteiger partial charge in [-0.1, -0.05) is 6.07 Å². The summed E-state index contributed by atoms with van der Waals surface area (Å²) in [5, 5.41) is 34.6. The minimum absolute atomic E-state index is 0.0739. The summed E-state index contributed by atoms with van der Waals surface area (Å²) in [4.78, 5) is 26.5. The number of ether oxygens (including phenoxy) is 1. The number of aliphatic carboxylic acids is 1. The summed E-state index contributed by atoms with van der Waals surface area (Å²) < 4.78 is 6.37. The van der Waals surface area contributed by atoms with Crippen molar-refractivity contribution in [2.75, 3.05) is 27.2 Å². The van der Waals surface area contributed by atoms with Crippen LogP contribution in [-0.4, -0.2) is 83.9 Å². The first-order valence-electron chi connectivity index (χ1n) is 12.5. The fourth-order valence-corrected chi connectivity index (χ4v) is 7.17. The summed E-state index contributed by atoms with van der Waals surface area (Å²) in [6, 6.07) is 2.70. The van der Waals surface area contributed by atoms with Gasteiger partial charge in [-0.25, -0.2) is 0 Å². The van der Waals surface area contributed by atoms with Crippen molar-refractivity contribution >= 4 is 17.8 Å². The number of amides is 1. The third kappa shape index (κ3) is 4.18. The van der Waals surface area contributed by atoms with Gasteiger partial charge in [-0.15, -0.1) is 0 Å². The lowest BCUT2D eigenvalue weighted by Crippen LogP contribution is -2.74. The number of nitrogens with zero attached hydrogens (tertiary/aromatic N) is 1. The lowest BCUT2D eigenvalue weighted by atomic mass is 9.48. The highest BCUT2D eigenvalue weighted by molar-refractivity contribution is 5.96. The maximum Gasteiger partial charge on any atom is 0.320 e. The summed E-state index contributed by atoms with van der Waals surface area (Å²) in [6.07, 6.45) is 4.30. The van der Waals surface area contributed by atoms with Crippen LogP contribution < -0.4 is 22.1 Å². The Labute approximate surface area is 211 Å². The molecule has 11 nitrogen and oxygen atoms in total. The average molecular weight is 503 g/mol. The Bertz CT molecular complexity index is 1050. The molecule has 5 atom stereocenters. The molecule has 9 N–H and O–H groups in total. The molecule has 1 aliphatic heterocycles. The Hall–Kier alpha value is -2.89. The molecule has 0 aromatic heterocycles. The first kappa shape index (κ1) is 26.2. The molecule has 1 amide bonds. The van der Waals surface area contributed by atoms with Gasteiger partial charge in [0.2, 0.25) is 0 Å². The van der Waals surface area contributed by atoms with Crippen LogP contribution in [0.5, 0.6) is 5.75 Å². The number of phenols is 1. The predicted molar refractivity (Wildman–Crippen MR) is 134 cm³/mol. The number of guanidine groups is 1. The molecule has 4 rings (SSSR count). The number of methoxy groups -OCH3 is 1. The van der Waals surface area contributed by atoms with Crippen molar-refractivity contribution in [3.05, 3.63) is 28.8 Å². The number of piperidine rings is 1. The van der Waals surface area contributed by atoms with Crippen molar-refractivity contribution < 1.29 is 24.5 Å². The van der Waals surface area contributed by atoms with Gasteiger partial charge in [0.05, 0.1) is 11.2 Å². The fourth-order valence-electron chi connectivity index (χ4n) is 7.17. The van der Waals surface area contributed by atoms with Gasteiger partial charge in [0.15, 0.2) is 5.96 Å². The number of nitrogens with two attached hydrogens (primary N) is 2. The van der Waals surface area contributed by atoms with E-state index in [1.807, 2.05) is 6.07 Å². The highest BCUT2D eigenvalue weighted by Gasteiger charge is 2.66.